The average Bonchev–Trinajstić information content (AvgIpc) is 3.06. The van der Waals surface area contributed by atoms with Gasteiger partial charge in [0.25, 0.3) is 0 Å². The van der Waals surface area contributed by atoms with Crippen molar-refractivity contribution in [2.75, 3.05) is 11.5 Å². The monoisotopic (exact) mass is 359 g/mol. The van der Waals surface area contributed by atoms with Crippen molar-refractivity contribution >= 4 is 22.8 Å². The van der Waals surface area contributed by atoms with Crippen LogP contribution in [0.4, 0.5) is 16.0 Å². The molecule has 4 rings (SSSR count). The highest BCUT2D eigenvalue weighted by atomic mass is 19.1. The van der Waals surface area contributed by atoms with Gasteiger partial charge in [-0.1, -0.05) is 18.2 Å². The lowest BCUT2D eigenvalue weighted by molar-refractivity contribution is 0.602. The van der Waals surface area contributed by atoms with Crippen molar-refractivity contribution in [2.45, 2.75) is 6.54 Å². The van der Waals surface area contributed by atoms with E-state index in [0.717, 1.165) is 0 Å². The number of nitrogens with two attached hydrogens (primary N) is 2. The molecule has 0 saturated heterocycles. The lowest BCUT2D eigenvalue weighted by Crippen LogP contribution is -2.05. The summed E-state index contributed by atoms with van der Waals surface area (Å²) in [5.41, 5.74) is 15.0. The van der Waals surface area contributed by atoms with Gasteiger partial charge in [-0.2, -0.15) is 10.2 Å². The number of aromatic nitrogens is 4. The summed E-state index contributed by atoms with van der Waals surface area (Å²) in [5, 5.41) is 9.12. The Morgan fingerprint density at radius 3 is 2.74 bits per heavy atom. The number of hydrogen-bond acceptors (Lipinski definition) is 6. The van der Waals surface area contributed by atoms with E-state index in [1.54, 1.807) is 41.2 Å². The molecular formula is C19H14FN7. The zero-order valence-corrected chi connectivity index (χ0v) is 14.1. The van der Waals surface area contributed by atoms with Crippen LogP contribution in [0.1, 0.15) is 11.1 Å². The number of halogens is 1. The maximum absolute atomic E-state index is 14.1. The number of anilines is 2. The molecule has 2 aromatic heterocycles. The molecule has 0 radical (unpaired) electrons. The summed E-state index contributed by atoms with van der Waals surface area (Å²) in [5.74, 6) is -0.333. The van der Waals surface area contributed by atoms with Crippen molar-refractivity contribution in [3.05, 3.63) is 65.7 Å². The lowest BCUT2D eigenvalue weighted by atomic mass is 10.1. The van der Waals surface area contributed by atoms with E-state index in [2.05, 4.69) is 21.0 Å². The summed E-state index contributed by atoms with van der Waals surface area (Å²) in [7, 11) is 0. The third kappa shape index (κ3) is 3.02. The molecule has 0 bridgehead atoms. The number of nitriles is 1. The number of nitrogen functional groups attached to an aromatic ring is 2. The summed E-state index contributed by atoms with van der Waals surface area (Å²) < 4.78 is 15.8. The molecule has 27 heavy (non-hydrogen) atoms. The molecule has 4 aromatic rings. The highest BCUT2D eigenvalue weighted by Gasteiger charge is 2.15. The summed E-state index contributed by atoms with van der Waals surface area (Å²) in [6.07, 6.45) is 1.56. The molecule has 2 heterocycles. The van der Waals surface area contributed by atoms with E-state index in [0.29, 0.717) is 39.2 Å². The van der Waals surface area contributed by atoms with Gasteiger partial charge < -0.3 is 16.0 Å². The second-order valence-electron chi connectivity index (χ2n) is 6.02. The second kappa shape index (κ2) is 6.38. The van der Waals surface area contributed by atoms with Crippen molar-refractivity contribution < 1.29 is 4.39 Å². The van der Waals surface area contributed by atoms with Crippen LogP contribution in [0, 0.1) is 17.1 Å². The fraction of sp³-hybridized carbons (Fsp3) is 0.0526. The molecule has 0 saturated carbocycles. The van der Waals surface area contributed by atoms with Gasteiger partial charge in [0.2, 0.25) is 5.95 Å². The SMILES string of the molecule is N#Cc1cccc(-c2nc(N)nc3c2ncn3Cc2ccc(N)cc2F)c1. The van der Waals surface area contributed by atoms with E-state index in [-0.39, 0.29) is 12.5 Å². The van der Waals surface area contributed by atoms with Gasteiger partial charge in [0.15, 0.2) is 5.65 Å². The average molecular weight is 359 g/mol. The summed E-state index contributed by atoms with van der Waals surface area (Å²) in [4.78, 5) is 12.9. The van der Waals surface area contributed by atoms with Crippen LogP contribution in [-0.2, 0) is 6.54 Å². The van der Waals surface area contributed by atoms with Crippen LogP contribution in [0.5, 0.6) is 0 Å². The summed E-state index contributed by atoms with van der Waals surface area (Å²) in [6.45, 7) is 0.219. The van der Waals surface area contributed by atoms with Crippen LogP contribution < -0.4 is 11.5 Å². The minimum Gasteiger partial charge on any atom is -0.399 e. The van der Waals surface area contributed by atoms with Crippen LogP contribution >= 0.6 is 0 Å². The molecule has 0 spiro atoms. The van der Waals surface area contributed by atoms with Gasteiger partial charge in [0, 0.05) is 16.8 Å². The van der Waals surface area contributed by atoms with Gasteiger partial charge >= 0.3 is 0 Å². The maximum Gasteiger partial charge on any atom is 0.222 e. The van der Waals surface area contributed by atoms with Gasteiger partial charge in [0.05, 0.1) is 24.5 Å². The number of hydrogen-bond donors (Lipinski definition) is 2. The predicted molar refractivity (Wildman–Crippen MR) is 99.8 cm³/mol. The van der Waals surface area contributed by atoms with Crippen molar-refractivity contribution in [2.24, 2.45) is 0 Å². The minimum absolute atomic E-state index is 0.0689. The van der Waals surface area contributed by atoms with Gasteiger partial charge in [-0.15, -0.1) is 0 Å². The Balaban J connectivity index is 1.84. The molecule has 0 atom stereocenters. The highest BCUT2D eigenvalue weighted by molar-refractivity contribution is 5.88. The first kappa shape index (κ1) is 16.5. The largest absolute Gasteiger partial charge is 0.399 e. The molecule has 7 nitrogen and oxygen atoms in total. The Morgan fingerprint density at radius 1 is 1.11 bits per heavy atom. The van der Waals surface area contributed by atoms with Crippen LogP contribution in [0.3, 0.4) is 0 Å². The Kier molecular flexibility index (Phi) is 3.90. The van der Waals surface area contributed by atoms with Gasteiger partial charge in [-0.25, -0.2) is 14.4 Å². The second-order valence-corrected chi connectivity index (χ2v) is 6.02. The fourth-order valence-corrected chi connectivity index (χ4v) is 2.89. The minimum atomic E-state index is -0.402. The predicted octanol–water partition coefficient (Wildman–Crippen LogP) is 2.72. The Morgan fingerprint density at radius 2 is 1.96 bits per heavy atom. The van der Waals surface area contributed by atoms with Crippen LogP contribution in [0.25, 0.3) is 22.4 Å². The fourth-order valence-electron chi connectivity index (χ4n) is 2.89. The first-order valence-electron chi connectivity index (χ1n) is 8.08. The number of fused-ring (bicyclic) bond motifs is 1. The Bertz CT molecular complexity index is 1210. The van der Waals surface area contributed by atoms with Crippen molar-refractivity contribution in [3.8, 4) is 17.3 Å². The summed E-state index contributed by atoms with van der Waals surface area (Å²) in [6, 6.07) is 13.6. The molecule has 0 unspecified atom stereocenters. The van der Waals surface area contributed by atoms with Crippen molar-refractivity contribution in [3.63, 3.8) is 0 Å². The van der Waals surface area contributed by atoms with Gasteiger partial charge in [-0.05, 0) is 24.3 Å². The number of benzene rings is 2. The third-order valence-corrected chi connectivity index (χ3v) is 4.16. The molecule has 132 valence electrons. The molecule has 0 aliphatic heterocycles. The molecule has 0 fully saturated rings. The highest BCUT2D eigenvalue weighted by Crippen LogP contribution is 2.27. The number of rotatable bonds is 3. The lowest BCUT2D eigenvalue weighted by Gasteiger charge is -2.08. The molecule has 2 aromatic carbocycles. The van der Waals surface area contributed by atoms with Crippen molar-refractivity contribution in [1.82, 2.24) is 19.5 Å². The van der Waals surface area contributed by atoms with Gasteiger partial charge in [-0.3, -0.25) is 0 Å². The number of nitrogens with zero attached hydrogens (tertiary/aromatic N) is 5. The molecular weight excluding hydrogens is 345 g/mol. The van der Waals surface area contributed by atoms with E-state index in [9.17, 15) is 4.39 Å². The van der Waals surface area contributed by atoms with E-state index < -0.39 is 5.82 Å². The zero-order chi connectivity index (χ0) is 19.0. The standard InChI is InChI=1S/C19H14FN7/c20-15-7-14(22)5-4-13(15)9-27-10-24-17-16(25-19(23)26-18(17)27)12-3-1-2-11(6-12)8-21/h1-7,10H,9,22H2,(H2,23,25,26). The quantitative estimate of drug-likeness (QED) is 0.543. The third-order valence-electron chi connectivity index (χ3n) is 4.16. The maximum atomic E-state index is 14.1. The first-order valence-corrected chi connectivity index (χ1v) is 8.08. The molecule has 0 amide bonds. The van der Waals surface area contributed by atoms with Crippen LogP contribution in [0.15, 0.2) is 48.8 Å². The van der Waals surface area contributed by atoms with Crippen LogP contribution in [0.2, 0.25) is 0 Å². The molecule has 0 aliphatic rings. The molecule has 0 aliphatic carbocycles. The molecule has 8 heteroatoms. The Labute approximate surface area is 153 Å². The molecule has 4 N–H and O–H groups in total. The van der Waals surface area contributed by atoms with Gasteiger partial charge in [0.1, 0.15) is 17.0 Å². The Hall–Kier alpha value is -3.99. The van der Waals surface area contributed by atoms with Crippen LogP contribution in [-0.4, -0.2) is 19.5 Å². The van der Waals surface area contributed by atoms with E-state index in [1.807, 2.05) is 6.07 Å². The normalized spacial score (nSPS) is 10.8. The van der Waals surface area contributed by atoms with Crippen molar-refractivity contribution in [1.29, 1.82) is 5.26 Å². The zero-order valence-electron chi connectivity index (χ0n) is 14.1. The summed E-state index contributed by atoms with van der Waals surface area (Å²) >= 11 is 0. The van der Waals surface area contributed by atoms with E-state index in [4.69, 9.17) is 16.7 Å². The first-order chi connectivity index (χ1) is 13.0. The smallest absolute Gasteiger partial charge is 0.222 e. The number of imidazole rings is 1. The topological polar surface area (TPSA) is 119 Å². The van der Waals surface area contributed by atoms with E-state index in [1.165, 1.54) is 6.07 Å². The van der Waals surface area contributed by atoms with E-state index >= 15 is 0 Å².